The van der Waals surface area contributed by atoms with Gasteiger partial charge in [0.2, 0.25) is 0 Å². The molecule has 3 rings (SSSR count). The molecule has 3 nitrogen and oxygen atoms in total. The van der Waals surface area contributed by atoms with E-state index in [2.05, 4.69) is 55.5 Å². The Morgan fingerprint density at radius 1 is 1.33 bits per heavy atom. The van der Waals surface area contributed by atoms with Crippen LogP contribution >= 0.6 is 0 Å². The second-order valence-corrected chi connectivity index (χ2v) is 6.23. The number of rotatable bonds is 1. The third kappa shape index (κ3) is 1.50. The molecule has 1 aromatic rings. The van der Waals surface area contributed by atoms with Gasteiger partial charge in [-0.05, 0) is 52.7 Å². The predicted octanol–water partition coefficient (Wildman–Crippen LogP) is 2.64. The predicted molar refractivity (Wildman–Crippen MR) is 75.0 cm³/mol. The summed E-state index contributed by atoms with van der Waals surface area (Å²) in [6.07, 6.45) is 1.77. The summed E-state index contributed by atoms with van der Waals surface area (Å²) in [7, 11) is 0. The van der Waals surface area contributed by atoms with Gasteiger partial charge in [-0.2, -0.15) is 0 Å². The minimum absolute atomic E-state index is 0.297. The maximum Gasteiger partial charge on any atom is 0.0799 e. The summed E-state index contributed by atoms with van der Waals surface area (Å²) in [4.78, 5) is 9.85. The zero-order valence-electron chi connectivity index (χ0n) is 12.1. The summed E-state index contributed by atoms with van der Waals surface area (Å²) in [6.45, 7) is 13.6. The highest BCUT2D eigenvalue weighted by molar-refractivity contribution is 5.61. The van der Waals surface area contributed by atoms with Crippen molar-refractivity contribution in [1.82, 2.24) is 9.88 Å². The van der Waals surface area contributed by atoms with Crippen LogP contribution in [-0.2, 0) is 0 Å². The number of hydrogen-bond acceptors (Lipinski definition) is 3. The Hall–Kier alpha value is -1.09. The van der Waals surface area contributed by atoms with E-state index in [1.165, 1.54) is 36.5 Å². The fraction of sp³-hybridized carbons (Fsp3) is 0.667. The maximum absolute atomic E-state index is 4.67. The number of aromatic nitrogens is 1. The fourth-order valence-corrected chi connectivity index (χ4v) is 3.95. The Bertz CT molecular complexity index is 474. The molecule has 0 saturated carbocycles. The van der Waals surface area contributed by atoms with Crippen LogP contribution in [0.2, 0.25) is 0 Å². The molecule has 0 radical (unpaired) electrons. The van der Waals surface area contributed by atoms with Crippen LogP contribution in [0.25, 0.3) is 0 Å². The van der Waals surface area contributed by atoms with Crippen LogP contribution in [0.1, 0.15) is 37.2 Å². The standard InChI is InChI=1S/C15H23N3/c1-10-8-11(2)16-12(3)14(10)18-13(4)17-7-6-15(18,5)9-17/h8,13H,6-7,9H2,1-5H3/t13-,15?/m0/s1. The van der Waals surface area contributed by atoms with Crippen LogP contribution in [0.15, 0.2) is 6.07 Å². The molecular formula is C15H23N3. The van der Waals surface area contributed by atoms with Crippen molar-refractivity contribution in [1.29, 1.82) is 0 Å². The number of anilines is 1. The SMILES string of the molecule is Cc1cc(C)c(N2[C@@H](C)N3CCC2(C)C3)c(C)n1. The summed E-state index contributed by atoms with van der Waals surface area (Å²) in [5.41, 5.74) is 5.32. The van der Waals surface area contributed by atoms with E-state index in [0.717, 1.165) is 5.69 Å². The van der Waals surface area contributed by atoms with Gasteiger partial charge >= 0.3 is 0 Å². The molecule has 2 saturated heterocycles. The molecule has 2 fully saturated rings. The minimum atomic E-state index is 0.297. The molecule has 0 N–H and O–H groups in total. The van der Waals surface area contributed by atoms with Crippen molar-refractivity contribution >= 4 is 5.69 Å². The van der Waals surface area contributed by atoms with Crippen molar-refractivity contribution in [2.24, 2.45) is 0 Å². The van der Waals surface area contributed by atoms with Gasteiger partial charge in [-0.15, -0.1) is 0 Å². The Kier molecular flexibility index (Phi) is 2.46. The molecule has 2 bridgehead atoms. The molecule has 3 heterocycles. The quantitative estimate of drug-likeness (QED) is 0.758. The average Bonchev–Trinajstić information content (AvgIpc) is 2.74. The van der Waals surface area contributed by atoms with Gasteiger partial charge in [-0.25, -0.2) is 0 Å². The Labute approximate surface area is 110 Å². The van der Waals surface area contributed by atoms with Gasteiger partial charge in [0.1, 0.15) is 0 Å². The molecule has 0 amide bonds. The smallest absolute Gasteiger partial charge is 0.0799 e. The second kappa shape index (κ2) is 3.70. The molecular weight excluding hydrogens is 222 g/mol. The normalized spacial score (nSPS) is 34.4. The highest BCUT2D eigenvalue weighted by atomic mass is 15.5. The van der Waals surface area contributed by atoms with Crippen LogP contribution < -0.4 is 4.90 Å². The first-order valence-electron chi connectivity index (χ1n) is 6.91. The summed E-state index contributed by atoms with van der Waals surface area (Å²) in [5, 5.41) is 0. The van der Waals surface area contributed by atoms with Crippen LogP contribution in [0.3, 0.4) is 0 Å². The van der Waals surface area contributed by atoms with Crippen molar-refractivity contribution in [3.63, 3.8) is 0 Å². The monoisotopic (exact) mass is 245 g/mol. The lowest BCUT2D eigenvalue weighted by molar-refractivity contribution is 0.278. The van der Waals surface area contributed by atoms with Crippen LogP contribution in [-0.4, -0.2) is 34.7 Å². The first-order valence-corrected chi connectivity index (χ1v) is 6.91. The Morgan fingerprint density at radius 3 is 2.61 bits per heavy atom. The van der Waals surface area contributed by atoms with Crippen molar-refractivity contribution in [3.05, 3.63) is 23.0 Å². The number of nitrogens with zero attached hydrogens (tertiary/aromatic N) is 3. The molecule has 0 aliphatic carbocycles. The molecule has 3 atom stereocenters. The van der Waals surface area contributed by atoms with E-state index in [0.29, 0.717) is 11.7 Å². The zero-order valence-corrected chi connectivity index (χ0v) is 12.1. The summed E-state index contributed by atoms with van der Waals surface area (Å²) in [6, 6.07) is 2.21. The Balaban J connectivity index is 2.11. The molecule has 0 spiro atoms. The van der Waals surface area contributed by atoms with E-state index in [1.807, 2.05) is 0 Å². The van der Waals surface area contributed by atoms with Crippen LogP contribution in [0.5, 0.6) is 0 Å². The number of fused-ring (bicyclic) bond motifs is 2. The van der Waals surface area contributed by atoms with E-state index in [1.54, 1.807) is 0 Å². The third-order valence-corrected chi connectivity index (χ3v) is 4.69. The lowest BCUT2D eigenvalue weighted by atomic mass is 9.96. The van der Waals surface area contributed by atoms with Crippen LogP contribution in [0.4, 0.5) is 5.69 Å². The van der Waals surface area contributed by atoms with E-state index < -0.39 is 0 Å². The topological polar surface area (TPSA) is 19.4 Å². The van der Waals surface area contributed by atoms with E-state index in [4.69, 9.17) is 0 Å². The third-order valence-electron chi connectivity index (χ3n) is 4.69. The van der Waals surface area contributed by atoms with Crippen molar-refractivity contribution < 1.29 is 0 Å². The van der Waals surface area contributed by atoms with Crippen molar-refractivity contribution in [2.75, 3.05) is 18.0 Å². The second-order valence-electron chi connectivity index (χ2n) is 6.23. The first kappa shape index (κ1) is 12.0. The summed E-state index contributed by atoms with van der Waals surface area (Å²) < 4.78 is 0. The highest BCUT2D eigenvalue weighted by Crippen LogP contribution is 2.43. The van der Waals surface area contributed by atoms with Gasteiger partial charge in [0.25, 0.3) is 0 Å². The van der Waals surface area contributed by atoms with Gasteiger partial charge in [-0.3, -0.25) is 9.88 Å². The van der Waals surface area contributed by atoms with Crippen molar-refractivity contribution in [3.8, 4) is 0 Å². The summed E-state index contributed by atoms with van der Waals surface area (Å²) >= 11 is 0. The number of aryl methyl sites for hydroxylation is 3. The molecule has 3 heteroatoms. The molecule has 98 valence electrons. The van der Waals surface area contributed by atoms with Gasteiger partial charge in [0.15, 0.2) is 0 Å². The largest absolute Gasteiger partial charge is 0.348 e. The first-order chi connectivity index (χ1) is 8.42. The Morgan fingerprint density at radius 2 is 2.06 bits per heavy atom. The molecule has 2 aliphatic rings. The highest BCUT2D eigenvalue weighted by Gasteiger charge is 2.51. The zero-order chi connectivity index (χ0) is 13.1. The minimum Gasteiger partial charge on any atom is -0.348 e. The maximum atomic E-state index is 4.67. The summed E-state index contributed by atoms with van der Waals surface area (Å²) in [5.74, 6) is 0. The molecule has 18 heavy (non-hydrogen) atoms. The number of pyridine rings is 1. The van der Waals surface area contributed by atoms with Gasteiger partial charge in [0.05, 0.1) is 23.1 Å². The van der Waals surface area contributed by atoms with Gasteiger partial charge in [-0.1, -0.05) is 0 Å². The van der Waals surface area contributed by atoms with Crippen LogP contribution in [0, 0.1) is 20.8 Å². The molecule has 1 aromatic heterocycles. The molecule has 2 aliphatic heterocycles. The van der Waals surface area contributed by atoms with Crippen molar-refractivity contribution in [2.45, 2.75) is 52.7 Å². The lowest BCUT2D eigenvalue weighted by Crippen LogP contribution is -2.50. The van der Waals surface area contributed by atoms with Gasteiger partial charge in [0, 0.05) is 18.8 Å². The van der Waals surface area contributed by atoms with E-state index >= 15 is 0 Å². The average molecular weight is 245 g/mol. The van der Waals surface area contributed by atoms with E-state index in [9.17, 15) is 0 Å². The van der Waals surface area contributed by atoms with Gasteiger partial charge < -0.3 is 4.90 Å². The molecule has 0 aromatic carbocycles. The fourth-order valence-electron chi connectivity index (χ4n) is 3.95. The molecule has 2 unspecified atom stereocenters. The lowest BCUT2D eigenvalue weighted by Gasteiger charge is -2.42. The van der Waals surface area contributed by atoms with E-state index in [-0.39, 0.29) is 0 Å². The number of hydrogen-bond donors (Lipinski definition) is 0.